The molecule has 0 bridgehead atoms. The minimum absolute atomic E-state index is 0.0452. The number of hydrogen-bond acceptors (Lipinski definition) is 5. The van der Waals surface area contributed by atoms with Crippen LogP contribution in [0.4, 0.5) is 0 Å². The van der Waals surface area contributed by atoms with Crippen molar-refractivity contribution in [3.8, 4) is 0 Å². The average molecular weight is 345 g/mol. The van der Waals surface area contributed by atoms with Crippen LogP contribution >= 0.6 is 0 Å². The van der Waals surface area contributed by atoms with E-state index in [1.165, 1.54) is 30.0 Å². The molecule has 0 spiro atoms. The number of aryl methyl sites for hydroxylation is 1. The molecule has 0 aliphatic carbocycles. The number of H-pyrrole nitrogens is 1. The smallest absolute Gasteiger partial charge is 0.408 e. The van der Waals surface area contributed by atoms with Gasteiger partial charge in [-0.15, -0.1) is 0 Å². The highest BCUT2D eigenvalue weighted by atomic mass is 32.2. The Hall–Kier alpha value is -2.87. The predicted octanol–water partition coefficient (Wildman–Crippen LogP) is 2.00. The number of rotatable bonds is 5. The summed E-state index contributed by atoms with van der Waals surface area (Å²) in [4.78, 5) is 15.6. The zero-order valence-electron chi connectivity index (χ0n) is 12.8. The third-order valence-corrected chi connectivity index (χ3v) is 4.70. The van der Waals surface area contributed by atoms with Crippen molar-refractivity contribution in [3.05, 3.63) is 64.1 Å². The van der Waals surface area contributed by atoms with Crippen molar-refractivity contribution < 1.29 is 12.8 Å². The lowest BCUT2D eigenvalue weighted by Gasteiger charge is -2.03. The van der Waals surface area contributed by atoms with Crippen molar-refractivity contribution in [2.24, 2.45) is 5.10 Å². The largest absolute Gasteiger partial charge is 0.417 e. The molecule has 0 aliphatic heterocycles. The van der Waals surface area contributed by atoms with Gasteiger partial charge in [-0.1, -0.05) is 31.2 Å². The molecule has 124 valence electrons. The van der Waals surface area contributed by atoms with Gasteiger partial charge in [0.1, 0.15) is 0 Å². The molecule has 2 aromatic carbocycles. The summed E-state index contributed by atoms with van der Waals surface area (Å²) < 4.78 is 29.3. The van der Waals surface area contributed by atoms with Crippen molar-refractivity contribution >= 4 is 27.3 Å². The number of sulfonamides is 1. The maximum absolute atomic E-state index is 12.2. The van der Waals surface area contributed by atoms with Crippen molar-refractivity contribution in [2.75, 3.05) is 0 Å². The van der Waals surface area contributed by atoms with Crippen LogP contribution in [0.3, 0.4) is 0 Å². The maximum atomic E-state index is 12.2. The van der Waals surface area contributed by atoms with Gasteiger partial charge in [0.05, 0.1) is 16.6 Å². The van der Waals surface area contributed by atoms with Crippen LogP contribution in [0.2, 0.25) is 0 Å². The lowest BCUT2D eigenvalue weighted by Crippen LogP contribution is -2.18. The third kappa shape index (κ3) is 3.38. The van der Waals surface area contributed by atoms with E-state index in [2.05, 4.69) is 21.8 Å². The van der Waals surface area contributed by atoms with Crippen molar-refractivity contribution in [3.63, 3.8) is 0 Å². The molecule has 7 nitrogen and oxygen atoms in total. The normalized spacial score (nSPS) is 12.0. The van der Waals surface area contributed by atoms with Crippen LogP contribution in [0.25, 0.3) is 11.1 Å². The van der Waals surface area contributed by atoms with Crippen LogP contribution in [0.5, 0.6) is 0 Å². The van der Waals surface area contributed by atoms with E-state index in [9.17, 15) is 13.2 Å². The molecule has 3 rings (SSSR count). The van der Waals surface area contributed by atoms with E-state index in [1.807, 2.05) is 24.3 Å². The number of oxazole rings is 1. The van der Waals surface area contributed by atoms with Gasteiger partial charge in [0.15, 0.2) is 5.58 Å². The van der Waals surface area contributed by atoms with Crippen LogP contribution in [-0.2, 0) is 16.4 Å². The Kier molecular flexibility index (Phi) is 4.22. The summed E-state index contributed by atoms with van der Waals surface area (Å²) in [5.41, 5.74) is 2.57. The number of benzene rings is 2. The Bertz CT molecular complexity index is 1050. The molecule has 3 aromatic rings. The lowest BCUT2D eigenvalue weighted by molar-refractivity contribution is 0.553. The zero-order valence-corrected chi connectivity index (χ0v) is 13.6. The van der Waals surface area contributed by atoms with E-state index in [0.717, 1.165) is 12.0 Å². The molecule has 24 heavy (non-hydrogen) atoms. The molecule has 0 radical (unpaired) electrons. The number of aromatic amines is 1. The molecule has 2 N–H and O–H groups in total. The van der Waals surface area contributed by atoms with E-state index >= 15 is 0 Å². The van der Waals surface area contributed by atoms with Crippen LogP contribution < -0.4 is 10.6 Å². The summed E-state index contributed by atoms with van der Waals surface area (Å²) in [5, 5.41) is 3.77. The highest BCUT2D eigenvalue weighted by molar-refractivity contribution is 7.89. The lowest BCUT2D eigenvalue weighted by atomic mass is 10.1. The molecule has 8 heteroatoms. The first-order chi connectivity index (χ1) is 11.5. The Morgan fingerprint density at radius 3 is 2.67 bits per heavy atom. The van der Waals surface area contributed by atoms with E-state index in [0.29, 0.717) is 5.52 Å². The fourth-order valence-corrected chi connectivity index (χ4v) is 2.96. The summed E-state index contributed by atoms with van der Waals surface area (Å²) in [6.07, 6.45) is 2.35. The number of nitrogens with zero attached hydrogens (tertiary/aromatic N) is 1. The topological polar surface area (TPSA) is 105 Å². The Balaban J connectivity index is 1.78. The average Bonchev–Trinajstić information content (AvgIpc) is 2.94. The summed E-state index contributed by atoms with van der Waals surface area (Å²) in [6.45, 7) is 2.06. The summed E-state index contributed by atoms with van der Waals surface area (Å²) in [5.74, 6) is -0.638. The molecule has 0 unspecified atom stereocenters. The van der Waals surface area contributed by atoms with Crippen LogP contribution in [0.1, 0.15) is 18.1 Å². The molecule has 0 saturated carbocycles. The number of fused-ring (bicyclic) bond motifs is 1. The van der Waals surface area contributed by atoms with Crippen molar-refractivity contribution in [2.45, 2.75) is 18.2 Å². The van der Waals surface area contributed by atoms with Crippen LogP contribution in [0, 0.1) is 0 Å². The standard InChI is InChI=1S/C16H15N3O4S/c1-2-11-3-5-12(6-4-11)10-17-19-24(21,22)13-7-8-14-15(9-13)23-16(20)18-14/h3-10,19H,2H2,1H3,(H,18,20)/b17-10+. The second-order valence-electron chi connectivity index (χ2n) is 5.12. The van der Waals surface area contributed by atoms with Crippen LogP contribution in [-0.4, -0.2) is 19.6 Å². The molecule has 0 saturated heterocycles. The zero-order chi connectivity index (χ0) is 17.2. The van der Waals surface area contributed by atoms with Crippen LogP contribution in [0.15, 0.2) is 61.7 Å². The SMILES string of the molecule is CCc1ccc(/C=N/NS(=O)(=O)c2ccc3[nH]c(=O)oc3c2)cc1. The van der Waals surface area contributed by atoms with Gasteiger partial charge in [-0.05, 0) is 29.7 Å². The second kappa shape index (κ2) is 6.32. The molecule has 0 fully saturated rings. The predicted molar refractivity (Wildman–Crippen MR) is 90.6 cm³/mol. The molecular weight excluding hydrogens is 330 g/mol. The third-order valence-electron chi connectivity index (χ3n) is 3.48. The summed E-state index contributed by atoms with van der Waals surface area (Å²) in [6, 6.07) is 11.7. The monoisotopic (exact) mass is 345 g/mol. The van der Waals surface area contributed by atoms with Gasteiger partial charge in [-0.3, -0.25) is 4.98 Å². The van der Waals surface area contributed by atoms with Gasteiger partial charge in [0.25, 0.3) is 10.0 Å². The van der Waals surface area contributed by atoms with E-state index in [4.69, 9.17) is 4.42 Å². The van der Waals surface area contributed by atoms with Gasteiger partial charge in [0, 0.05) is 6.07 Å². The molecule has 1 heterocycles. The first-order valence-corrected chi connectivity index (χ1v) is 8.73. The molecular formula is C16H15N3O4S. The van der Waals surface area contributed by atoms with Gasteiger partial charge in [-0.25, -0.2) is 9.63 Å². The maximum Gasteiger partial charge on any atom is 0.417 e. The van der Waals surface area contributed by atoms with Gasteiger partial charge >= 0.3 is 5.76 Å². The van der Waals surface area contributed by atoms with Gasteiger partial charge < -0.3 is 4.42 Å². The Morgan fingerprint density at radius 1 is 1.21 bits per heavy atom. The molecule has 0 atom stereocenters. The van der Waals surface area contributed by atoms with E-state index in [-0.39, 0.29) is 10.5 Å². The fourth-order valence-electron chi connectivity index (χ4n) is 2.16. The van der Waals surface area contributed by atoms with Crippen molar-refractivity contribution in [1.82, 2.24) is 9.82 Å². The molecule has 0 amide bonds. The van der Waals surface area contributed by atoms with E-state index < -0.39 is 15.8 Å². The van der Waals surface area contributed by atoms with Gasteiger partial charge in [-0.2, -0.15) is 13.5 Å². The number of hydrazone groups is 1. The highest BCUT2D eigenvalue weighted by Crippen LogP contribution is 2.16. The quantitative estimate of drug-likeness (QED) is 0.545. The summed E-state index contributed by atoms with van der Waals surface area (Å²) >= 11 is 0. The highest BCUT2D eigenvalue weighted by Gasteiger charge is 2.14. The Labute approximate surface area is 138 Å². The second-order valence-corrected chi connectivity index (χ2v) is 6.78. The molecule has 1 aromatic heterocycles. The van der Waals surface area contributed by atoms with E-state index in [1.54, 1.807) is 0 Å². The summed E-state index contributed by atoms with van der Waals surface area (Å²) in [7, 11) is -3.85. The number of nitrogens with one attached hydrogen (secondary N) is 2. The number of aromatic nitrogens is 1. The Morgan fingerprint density at radius 2 is 1.96 bits per heavy atom. The minimum atomic E-state index is -3.85. The minimum Gasteiger partial charge on any atom is -0.408 e. The van der Waals surface area contributed by atoms with Gasteiger partial charge in [0.2, 0.25) is 0 Å². The number of hydrogen-bond donors (Lipinski definition) is 2. The molecule has 0 aliphatic rings. The first-order valence-electron chi connectivity index (χ1n) is 7.24. The first kappa shape index (κ1) is 16.0. The fraction of sp³-hybridized carbons (Fsp3) is 0.125. The van der Waals surface area contributed by atoms with Crippen molar-refractivity contribution in [1.29, 1.82) is 0 Å².